The van der Waals surface area contributed by atoms with Gasteiger partial charge in [0.05, 0.1) is 42.6 Å². The molecule has 2 heterocycles. The van der Waals surface area contributed by atoms with Crippen molar-refractivity contribution in [2.75, 3.05) is 29.5 Å². The third-order valence-electron chi connectivity index (χ3n) is 10.6. The zero-order valence-corrected chi connectivity index (χ0v) is 43.9. The molecule has 4 aromatic rings. The average molecular weight is 927 g/mol. The molecule has 306 valence electrons. The van der Waals surface area contributed by atoms with E-state index in [1.807, 2.05) is 68.5 Å². The first-order valence-electron chi connectivity index (χ1n) is 18.1. The van der Waals surface area contributed by atoms with Crippen LogP contribution in [0.5, 0.6) is 0 Å². The van der Waals surface area contributed by atoms with Crippen LogP contribution in [0.1, 0.15) is 64.5 Å². The van der Waals surface area contributed by atoms with Gasteiger partial charge in [0, 0.05) is 63.9 Å². The summed E-state index contributed by atoms with van der Waals surface area (Å²) in [5.74, 6) is -0.974. The van der Waals surface area contributed by atoms with Gasteiger partial charge in [-0.2, -0.15) is 8.91 Å². The van der Waals surface area contributed by atoms with Crippen molar-refractivity contribution in [1.82, 2.24) is 0 Å². The summed E-state index contributed by atoms with van der Waals surface area (Å²) in [6.07, 6.45) is 7.04. The van der Waals surface area contributed by atoms with Crippen molar-refractivity contribution < 1.29 is 147 Å². The average Bonchev–Trinajstić information content (AvgIpc) is 3.47. The molecular formula is C39H41N2Na3O12S4. The van der Waals surface area contributed by atoms with Gasteiger partial charge in [0.1, 0.15) is 16.7 Å². The van der Waals surface area contributed by atoms with Crippen molar-refractivity contribution in [3.05, 3.63) is 95.7 Å². The molecule has 0 fully saturated rings. The van der Waals surface area contributed by atoms with Crippen LogP contribution in [0, 0.1) is 0 Å². The third kappa shape index (κ3) is 12.0. The Hall–Kier alpha value is -0.690. The van der Waals surface area contributed by atoms with E-state index in [4.69, 9.17) is 0 Å². The number of hydrogen-bond donors (Lipinski definition) is 0. The van der Waals surface area contributed by atoms with Gasteiger partial charge < -0.3 is 23.8 Å². The van der Waals surface area contributed by atoms with E-state index in [0.29, 0.717) is 36.2 Å². The fourth-order valence-corrected chi connectivity index (χ4v) is 10.2. The predicted octanol–water partition coefficient (Wildman–Crippen LogP) is -3.60. The molecule has 21 heteroatoms. The van der Waals surface area contributed by atoms with Gasteiger partial charge in [0.15, 0.2) is 5.71 Å². The number of unbranched alkanes of at least 4 members (excludes halogenated alkanes) is 2. The Bertz CT molecular complexity index is 2690. The molecule has 14 nitrogen and oxygen atoms in total. The molecule has 4 aromatic carbocycles. The van der Waals surface area contributed by atoms with Gasteiger partial charge in [-0.3, -0.25) is 5.04 Å². The van der Waals surface area contributed by atoms with Crippen LogP contribution in [0.2, 0.25) is 0 Å². The van der Waals surface area contributed by atoms with E-state index in [0.717, 1.165) is 62.1 Å². The van der Waals surface area contributed by atoms with E-state index < -0.39 is 52.7 Å². The minimum Gasteiger partial charge on any atom is -0.748 e. The fraction of sp³-hybridized carbons (Fsp3) is 0.359. The van der Waals surface area contributed by atoms with Crippen molar-refractivity contribution in [3.63, 3.8) is 0 Å². The minimum atomic E-state index is -4.70. The molecule has 0 radical (unpaired) electrons. The van der Waals surface area contributed by atoms with Crippen molar-refractivity contribution in [1.29, 1.82) is 0 Å². The van der Waals surface area contributed by atoms with Crippen LogP contribution in [0.4, 0.5) is 11.4 Å². The van der Waals surface area contributed by atoms with Crippen molar-refractivity contribution in [2.45, 2.75) is 74.0 Å². The molecule has 2 aliphatic rings. The van der Waals surface area contributed by atoms with Crippen LogP contribution in [0.25, 0.3) is 21.5 Å². The maximum atomic E-state index is 11.8. The predicted molar refractivity (Wildman–Crippen MR) is 212 cm³/mol. The van der Waals surface area contributed by atoms with Gasteiger partial charge in [-0.05, 0) is 103 Å². The van der Waals surface area contributed by atoms with E-state index in [9.17, 15) is 44.2 Å². The molecule has 60 heavy (non-hydrogen) atoms. The van der Waals surface area contributed by atoms with Crippen LogP contribution >= 0.6 is 12.0 Å². The molecule has 0 aliphatic carbocycles. The zero-order valence-electron chi connectivity index (χ0n) is 34.6. The third-order valence-corrected chi connectivity index (χ3v) is 13.6. The van der Waals surface area contributed by atoms with Crippen LogP contribution in [-0.4, -0.2) is 73.8 Å². The quantitative estimate of drug-likeness (QED) is 0.0202. The summed E-state index contributed by atoms with van der Waals surface area (Å²) in [4.78, 5) is 2.44. The maximum Gasteiger partial charge on any atom is 1.00 e. The standard InChI is InChI=1S/C39H44N2O12S4.3Na/c1-38(2)34(40(20-5-7-22-55(43,44)45)32-18-12-26-24-28(54-53-52-42)14-16-30(26)36(32)38)10-9-11-35-39(3,4)37-31-17-15-29(57(49,50)51)25-27(31)13-19-33(37)41(35)21-6-8-23-56(46,47)48;;;/h9-19,24-25H,5-8,20-23H2,1-4H3,(H3-,42,43,44,45,46,47,48,49,50,51);;;/q;3*+1/p-3. The van der Waals surface area contributed by atoms with Gasteiger partial charge in [-0.25, -0.2) is 25.3 Å². The summed E-state index contributed by atoms with van der Waals surface area (Å²) in [6, 6.07) is 17.4. The topological polar surface area (TPSA) is 219 Å². The van der Waals surface area contributed by atoms with Gasteiger partial charge in [0.25, 0.3) is 0 Å². The second kappa shape index (κ2) is 21.1. The van der Waals surface area contributed by atoms with Crippen LogP contribution < -0.4 is 98.8 Å². The van der Waals surface area contributed by atoms with Gasteiger partial charge in [-0.1, -0.05) is 38.1 Å². The second-order valence-corrected chi connectivity index (χ2v) is 20.3. The van der Waals surface area contributed by atoms with E-state index in [1.165, 1.54) is 12.1 Å². The monoisotopic (exact) mass is 926 g/mol. The maximum absolute atomic E-state index is 11.8. The number of rotatable bonds is 16. The van der Waals surface area contributed by atoms with E-state index >= 15 is 0 Å². The van der Waals surface area contributed by atoms with E-state index in [2.05, 4.69) is 32.7 Å². The summed E-state index contributed by atoms with van der Waals surface area (Å²) < 4.78 is 111. The molecule has 0 aromatic heterocycles. The van der Waals surface area contributed by atoms with E-state index in [-0.39, 0.29) is 106 Å². The number of fused-ring (bicyclic) bond motifs is 6. The first kappa shape index (κ1) is 53.6. The van der Waals surface area contributed by atoms with Crippen molar-refractivity contribution >= 4 is 81.0 Å². The number of anilines is 1. The molecule has 0 unspecified atom stereocenters. The molecule has 6 rings (SSSR count). The SMILES string of the molecule is CC1(C)C(C=C/C=C2/N(CCCCS(=O)(=O)[O-])c3ccc4cc(SOO[O-])ccc4c3C2(C)C)=[N+](CCCCS(=O)(=O)[O-])c2ccc3cc(S(=O)(=O)[O-])ccc3c21.[Na+].[Na+].[Na+]. The molecule has 0 saturated heterocycles. The Labute approximate surface area is 422 Å². The smallest absolute Gasteiger partial charge is 0.748 e. The van der Waals surface area contributed by atoms with Gasteiger partial charge >= 0.3 is 88.7 Å². The first-order chi connectivity index (χ1) is 26.6. The Balaban J connectivity index is 0.00000320. The molecular weight excluding hydrogens is 886 g/mol. The number of allylic oxidation sites excluding steroid dienone is 4. The summed E-state index contributed by atoms with van der Waals surface area (Å²) in [6.45, 7) is 9.03. The molecule has 2 aliphatic heterocycles. The normalized spacial score (nSPS) is 16.5. The number of nitrogens with zero attached hydrogens (tertiary/aromatic N) is 2. The summed E-state index contributed by atoms with van der Waals surface area (Å²) >= 11 is 0.789. The molecule has 0 amide bonds. The Morgan fingerprint density at radius 2 is 1.33 bits per heavy atom. The Kier molecular flexibility index (Phi) is 18.9. The van der Waals surface area contributed by atoms with Crippen LogP contribution in [-0.2, 0) is 50.6 Å². The molecule has 0 N–H and O–H groups in total. The Morgan fingerprint density at radius 3 is 1.97 bits per heavy atom. The van der Waals surface area contributed by atoms with Crippen LogP contribution in [0.15, 0.2) is 94.4 Å². The number of hydrogen-bond acceptors (Lipinski definition) is 14. The molecule has 0 bridgehead atoms. The molecule has 0 atom stereocenters. The summed E-state index contributed by atoms with van der Waals surface area (Å²) in [7, 11) is -13.5. The zero-order chi connectivity index (χ0) is 41.6. The second-order valence-electron chi connectivity index (χ2n) is 15.1. The van der Waals surface area contributed by atoms with Gasteiger partial charge in [0.2, 0.25) is 5.69 Å². The Morgan fingerprint density at radius 1 is 0.733 bits per heavy atom. The molecule has 0 saturated carbocycles. The largest absolute Gasteiger partial charge is 1.00 e. The van der Waals surface area contributed by atoms with Crippen molar-refractivity contribution in [2.24, 2.45) is 0 Å². The fourth-order valence-electron chi connectivity index (χ4n) is 8.21. The molecule has 0 spiro atoms. The van der Waals surface area contributed by atoms with Crippen molar-refractivity contribution in [3.8, 4) is 0 Å². The number of benzene rings is 4. The summed E-state index contributed by atoms with van der Waals surface area (Å²) in [5, 5.41) is 17.1. The van der Waals surface area contributed by atoms with Crippen LogP contribution in [0.3, 0.4) is 0 Å². The summed E-state index contributed by atoms with van der Waals surface area (Å²) in [5.41, 5.74) is 4.16. The first-order valence-corrected chi connectivity index (χ1v) is 23.4. The minimum absolute atomic E-state index is 0. The van der Waals surface area contributed by atoms with E-state index in [1.54, 1.807) is 12.1 Å². The van der Waals surface area contributed by atoms with Gasteiger partial charge in [-0.15, -0.1) is 0 Å².